The van der Waals surface area contributed by atoms with E-state index in [2.05, 4.69) is 21.2 Å². The molecule has 6 nitrogen and oxygen atoms in total. The third-order valence-electron chi connectivity index (χ3n) is 4.02. The monoisotopic (exact) mass is 325 g/mol. The van der Waals surface area contributed by atoms with Crippen molar-refractivity contribution in [3.05, 3.63) is 5.82 Å². The minimum Gasteiger partial charge on any atom is -0.343 e. The zero-order valence-corrected chi connectivity index (χ0v) is 14.3. The fourth-order valence-corrected chi connectivity index (χ4v) is 3.40. The fourth-order valence-electron chi connectivity index (χ4n) is 2.60. The molecule has 0 aliphatic carbocycles. The molecule has 0 spiro atoms. The number of anilines is 1. The molecule has 124 valence electrons. The number of nitrogens with two attached hydrogens (primary N) is 1. The van der Waals surface area contributed by atoms with Crippen molar-refractivity contribution in [1.29, 1.82) is 0 Å². The van der Waals surface area contributed by atoms with Crippen LogP contribution in [-0.2, 0) is 11.2 Å². The van der Waals surface area contributed by atoms with Crippen molar-refractivity contribution in [2.45, 2.75) is 45.4 Å². The molecule has 1 aliphatic heterocycles. The van der Waals surface area contributed by atoms with Gasteiger partial charge in [-0.2, -0.15) is 4.37 Å². The van der Waals surface area contributed by atoms with E-state index in [1.807, 2.05) is 4.90 Å². The predicted octanol–water partition coefficient (Wildman–Crippen LogP) is 1.66. The van der Waals surface area contributed by atoms with Crippen molar-refractivity contribution in [3.63, 3.8) is 0 Å². The Balaban J connectivity index is 1.68. The third kappa shape index (κ3) is 4.91. The number of amides is 1. The average molecular weight is 325 g/mol. The molecule has 0 bridgehead atoms. The Bertz CT molecular complexity index is 457. The number of unbranched alkanes of at least 4 members (excludes halogenated alkanes) is 3. The first kappa shape index (κ1) is 17.1. The fraction of sp³-hybridized carbons (Fsp3) is 0.800. The molecule has 2 heterocycles. The molecule has 1 aliphatic rings. The number of carbonyl (C=O) groups excluding carboxylic acids is 1. The maximum Gasteiger partial charge on any atom is 0.222 e. The molecule has 1 aromatic heterocycles. The Labute approximate surface area is 136 Å². The second-order valence-corrected chi connectivity index (χ2v) is 6.40. The summed E-state index contributed by atoms with van der Waals surface area (Å²) in [5, 5.41) is 0.991. The number of hydrogen-bond donors (Lipinski definition) is 1. The second kappa shape index (κ2) is 9.05. The first-order chi connectivity index (χ1) is 10.7. The van der Waals surface area contributed by atoms with Crippen LogP contribution in [0.15, 0.2) is 0 Å². The maximum atomic E-state index is 12.2. The summed E-state index contributed by atoms with van der Waals surface area (Å²) in [7, 11) is 0. The Morgan fingerprint density at radius 1 is 1.18 bits per heavy atom. The van der Waals surface area contributed by atoms with Gasteiger partial charge in [0.1, 0.15) is 5.82 Å². The minimum atomic E-state index is 0.291. The van der Waals surface area contributed by atoms with Gasteiger partial charge in [-0.15, -0.1) is 0 Å². The highest BCUT2D eigenvalue weighted by Gasteiger charge is 2.22. The standard InChI is InChI=1S/C15H27N5OS/c1-2-13-17-15(22-18-13)20-11-9-19(10-12-20)14(21)7-5-3-4-6-8-16/h2-12,16H2,1H3. The molecule has 1 saturated heterocycles. The highest BCUT2D eigenvalue weighted by atomic mass is 32.1. The Hall–Kier alpha value is -1.21. The van der Waals surface area contributed by atoms with Gasteiger partial charge in [0, 0.05) is 50.6 Å². The molecule has 0 aromatic carbocycles. The summed E-state index contributed by atoms with van der Waals surface area (Å²) in [4.78, 5) is 20.9. The van der Waals surface area contributed by atoms with Crippen LogP contribution in [0.4, 0.5) is 5.13 Å². The van der Waals surface area contributed by atoms with E-state index >= 15 is 0 Å². The van der Waals surface area contributed by atoms with Crippen molar-refractivity contribution in [2.75, 3.05) is 37.6 Å². The summed E-state index contributed by atoms with van der Waals surface area (Å²) in [6, 6.07) is 0. The van der Waals surface area contributed by atoms with Gasteiger partial charge in [-0.25, -0.2) is 4.98 Å². The molecule has 0 radical (unpaired) electrons. The van der Waals surface area contributed by atoms with Crippen molar-refractivity contribution >= 4 is 22.6 Å². The maximum absolute atomic E-state index is 12.2. The molecular weight excluding hydrogens is 298 g/mol. The van der Waals surface area contributed by atoms with Crippen LogP contribution < -0.4 is 10.6 Å². The smallest absolute Gasteiger partial charge is 0.222 e. The number of nitrogens with zero attached hydrogens (tertiary/aromatic N) is 4. The molecule has 0 unspecified atom stereocenters. The lowest BCUT2D eigenvalue weighted by Gasteiger charge is -2.34. The molecule has 1 aromatic rings. The van der Waals surface area contributed by atoms with E-state index in [1.54, 1.807) is 0 Å². The lowest BCUT2D eigenvalue weighted by molar-refractivity contribution is -0.131. The van der Waals surface area contributed by atoms with Gasteiger partial charge in [0.25, 0.3) is 0 Å². The summed E-state index contributed by atoms with van der Waals surface area (Å²) in [6.45, 7) is 6.12. The van der Waals surface area contributed by atoms with Crippen LogP contribution in [0.1, 0.15) is 44.9 Å². The van der Waals surface area contributed by atoms with Gasteiger partial charge < -0.3 is 15.5 Å². The quantitative estimate of drug-likeness (QED) is 0.736. The highest BCUT2D eigenvalue weighted by molar-refractivity contribution is 7.09. The van der Waals surface area contributed by atoms with Gasteiger partial charge in [0.2, 0.25) is 11.0 Å². The minimum absolute atomic E-state index is 0.291. The number of hydrogen-bond acceptors (Lipinski definition) is 6. The normalized spacial score (nSPS) is 15.4. The largest absolute Gasteiger partial charge is 0.343 e. The molecule has 7 heteroatoms. The van der Waals surface area contributed by atoms with E-state index in [-0.39, 0.29) is 0 Å². The van der Waals surface area contributed by atoms with Gasteiger partial charge in [0.05, 0.1) is 0 Å². The van der Waals surface area contributed by atoms with Crippen molar-refractivity contribution in [1.82, 2.24) is 14.3 Å². The van der Waals surface area contributed by atoms with Gasteiger partial charge >= 0.3 is 0 Å². The van der Waals surface area contributed by atoms with Crippen molar-refractivity contribution in [3.8, 4) is 0 Å². The second-order valence-electron chi connectivity index (χ2n) is 5.67. The number of piperazine rings is 1. The topological polar surface area (TPSA) is 75.4 Å². The van der Waals surface area contributed by atoms with Gasteiger partial charge in [-0.3, -0.25) is 4.79 Å². The number of aromatic nitrogens is 2. The van der Waals surface area contributed by atoms with Crippen LogP contribution in [0.25, 0.3) is 0 Å². The predicted molar refractivity (Wildman–Crippen MR) is 90.2 cm³/mol. The van der Waals surface area contributed by atoms with Gasteiger partial charge in [-0.1, -0.05) is 19.8 Å². The summed E-state index contributed by atoms with van der Waals surface area (Å²) >= 11 is 1.46. The summed E-state index contributed by atoms with van der Waals surface area (Å²) < 4.78 is 4.33. The van der Waals surface area contributed by atoms with Crippen molar-refractivity contribution < 1.29 is 4.79 Å². The van der Waals surface area contributed by atoms with E-state index < -0.39 is 0 Å². The molecule has 22 heavy (non-hydrogen) atoms. The van der Waals surface area contributed by atoms with Crippen LogP contribution >= 0.6 is 11.5 Å². The molecule has 0 atom stereocenters. The molecule has 2 rings (SSSR count). The Kier molecular flexibility index (Phi) is 7.05. The van der Waals surface area contributed by atoms with E-state index in [0.29, 0.717) is 12.3 Å². The summed E-state index contributed by atoms with van der Waals surface area (Å²) in [6.07, 6.45) is 5.83. The lowest BCUT2D eigenvalue weighted by Crippen LogP contribution is -2.48. The van der Waals surface area contributed by atoms with Crippen LogP contribution in [0.3, 0.4) is 0 Å². The number of aryl methyl sites for hydroxylation is 1. The summed E-state index contributed by atoms with van der Waals surface area (Å²) in [5.41, 5.74) is 5.47. The average Bonchev–Trinajstić information content (AvgIpc) is 3.04. The SMILES string of the molecule is CCc1nsc(N2CCN(C(=O)CCCCCCN)CC2)n1. The van der Waals surface area contributed by atoms with Crippen LogP contribution in [0.5, 0.6) is 0 Å². The van der Waals surface area contributed by atoms with Crippen LogP contribution in [0.2, 0.25) is 0 Å². The zero-order chi connectivity index (χ0) is 15.8. The third-order valence-corrected chi connectivity index (χ3v) is 4.84. The first-order valence-corrected chi connectivity index (χ1v) is 9.07. The Morgan fingerprint density at radius 2 is 1.91 bits per heavy atom. The number of carbonyl (C=O) groups is 1. The number of rotatable bonds is 8. The van der Waals surface area contributed by atoms with E-state index in [4.69, 9.17) is 5.73 Å². The zero-order valence-electron chi connectivity index (χ0n) is 13.5. The highest BCUT2D eigenvalue weighted by Crippen LogP contribution is 2.19. The van der Waals surface area contributed by atoms with Crippen LogP contribution in [-0.4, -0.2) is 52.9 Å². The molecular formula is C15H27N5OS. The van der Waals surface area contributed by atoms with Crippen molar-refractivity contribution in [2.24, 2.45) is 5.73 Å². The lowest BCUT2D eigenvalue weighted by atomic mass is 10.1. The van der Waals surface area contributed by atoms with Gasteiger partial charge in [0.15, 0.2) is 0 Å². The summed E-state index contributed by atoms with van der Waals surface area (Å²) in [5.74, 6) is 1.20. The molecule has 2 N–H and O–H groups in total. The molecule has 1 fully saturated rings. The molecule has 1 amide bonds. The molecule has 0 saturated carbocycles. The first-order valence-electron chi connectivity index (χ1n) is 8.30. The van der Waals surface area contributed by atoms with Gasteiger partial charge in [-0.05, 0) is 19.4 Å². The Morgan fingerprint density at radius 3 is 2.55 bits per heavy atom. The van der Waals surface area contributed by atoms with E-state index in [9.17, 15) is 4.79 Å². The van der Waals surface area contributed by atoms with E-state index in [1.165, 1.54) is 11.5 Å². The van der Waals surface area contributed by atoms with E-state index in [0.717, 1.165) is 75.8 Å². The van der Waals surface area contributed by atoms with Crippen LogP contribution in [0, 0.1) is 0 Å².